The zero-order valence-electron chi connectivity index (χ0n) is 7.14. The first kappa shape index (κ1) is 11.2. The van der Waals surface area contributed by atoms with Gasteiger partial charge in [-0.2, -0.15) is 0 Å². The monoisotopic (exact) mass is 180 g/mol. The highest BCUT2D eigenvalue weighted by atomic mass is 35.5. The van der Waals surface area contributed by atoms with E-state index in [0.717, 1.165) is 25.3 Å². The molecule has 0 aromatic carbocycles. The normalized spacial score (nSPS) is 10.4. The quantitative estimate of drug-likeness (QED) is 0.325. The maximum Gasteiger partial charge on any atom is 0.146 e. The number of halogens is 1. The van der Waals surface area contributed by atoms with Gasteiger partial charge in [-0.25, -0.2) is 0 Å². The maximum absolute atomic E-state index is 5.51. The first-order valence-corrected chi connectivity index (χ1v) is 4.58. The van der Waals surface area contributed by atoms with E-state index in [1.54, 1.807) is 7.11 Å². The van der Waals surface area contributed by atoms with Crippen molar-refractivity contribution in [2.75, 3.05) is 26.4 Å². The predicted octanol–water partition coefficient (Wildman–Crippen LogP) is 2.41. The van der Waals surface area contributed by atoms with Gasteiger partial charge in [0.1, 0.15) is 6.79 Å². The van der Waals surface area contributed by atoms with Crippen LogP contribution in [0.5, 0.6) is 0 Å². The van der Waals surface area contributed by atoms with E-state index in [1.165, 1.54) is 12.8 Å². The van der Waals surface area contributed by atoms with Gasteiger partial charge in [-0.15, -0.1) is 11.6 Å². The largest absolute Gasteiger partial charge is 0.359 e. The van der Waals surface area contributed by atoms with Crippen molar-refractivity contribution in [1.29, 1.82) is 0 Å². The maximum atomic E-state index is 5.51. The summed E-state index contributed by atoms with van der Waals surface area (Å²) >= 11 is 5.51. The van der Waals surface area contributed by atoms with E-state index in [0.29, 0.717) is 6.79 Å². The second kappa shape index (κ2) is 10.2. The molecule has 0 saturated carbocycles. The van der Waals surface area contributed by atoms with Crippen LogP contribution in [0.25, 0.3) is 0 Å². The van der Waals surface area contributed by atoms with Gasteiger partial charge in [0.15, 0.2) is 0 Å². The smallest absolute Gasteiger partial charge is 0.146 e. The van der Waals surface area contributed by atoms with Crippen LogP contribution >= 0.6 is 11.6 Å². The summed E-state index contributed by atoms with van der Waals surface area (Å²) < 4.78 is 9.83. The summed E-state index contributed by atoms with van der Waals surface area (Å²) in [5, 5.41) is 0. The number of ether oxygens (including phenoxy) is 2. The zero-order valence-corrected chi connectivity index (χ0v) is 7.90. The minimum atomic E-state index is 0.412. The minimum Gasteiger partial charge on any atom is -0.359 e. The lowest BCUT2D eigenvalue weighted by molar-refractivity contribution is -0.0315. The lowest BCUT2D eigenvalue weighted by atomic mass is 10.2. The molecule has 0 aliphatic heterocycles. The molecule has 0 atom stereocenters. The third-order valence-electron chi connectivity index (χ3n) is 1.37. The topological polar surface area (TPSA) is 18.5 Å². The Morgan fingerprint density at radius 3 is 2.45 bits per heavy atom. The molecular weight excluding hydrogens is 164 g/mol. The number of methoxy groups -OCH3 is 1. The van der Waals surface area contributed by atoms with Crippen molar-refractivity contribution >= 4 is 11.6 Å². The molecule has 0 spiro atoms. The summed E-state index contributed by atoms with van der Waals surface area (Å²) in [5.74, 6) is 0.777. The molecule has 11 heavy (non-hydrogen) atoms. The van der Waals surface area contributed by atoms with Gasteiger partial charge in [-0.3, -0.25) is 0 Å². The van der Waals surface area contributed by atoms with Crippen LogP contribution < -0.4 is 0 Å². The summed E-state index contributed by atoms with van der Waals surface area (Å²) in [6.07, 6.45) is 4.64. The van der Waals surface area contributed by atoms with Gasteiger partial charge in [-0.1, -0.05) is 12.8 Å². The molecule has 0 saturated heterocycles. The summed E-state index contributed by atoms with van der Waals surface area (Å²) in [4.78, 5) is 0. The second-order valence-corrected chi connectivity index (χ2v) is 2.80. The Bertz CT molecular complexity index is 61.1. The molecule has 2 nitrogen and oxygen atoms in total. The van der Waals surface area contributed by atoms with E-state index in [2.05, 4.69) is 0 Å². The number of alkyl halides is 1. The Labute approximate surface area is 73.8 Å². The molecule has 0 heterocycles. The fourth-order valence-corrected chi connectivity index (χ4v) is 0.983. The van der Waals surface area contributed by atoms with Crippen LogP contribution in [0.3, 0.4) is 0 Å². The van der Waals surface area contributed by atoms with E-state index >= 15 is 0 Å². The van der Waals surface area contributed by atoms with Crippen LogP contribution in [0.2, 0.25) is 0 Å². The van der Waals surface area contributed by atoms with E-state index in [4.69, 9.17) is 21.1 Å². The molecule has 0 aliphatic carbocycles. The average Bonchev–Trinajstić information content (AvgIpc) is 2.03. The van der Waals surface area contributed by atoms with E-state index in [-0.39, 0.29) is 0 Å². The van der Waals surface area contributed by atoms with Gasteiger partial charge < -0.3 is 9.47 Å². The van der Waals surface area contributed by atoms with Crippen molar-refractivity contribution < 1.29 is 9.47 Å². The standard InChI is InChI=1S/C8H17ClO2/c1-10-8-11-7-5-3-2-4-6-9/h2-8H2,1H3. The van der Waals surface area contributed by atoms with Crippen molar-refractivity contribution in [2.45, 2.75) is 25.7 Å². The second-order valence-electron chi connectivity index (χ2n) is 2.42. The Hall–Kier alpha value is 0.210. The zero-order chi connectivity index (χ0) is 8.36. The van der Waals surface area contributed by atoms with Crippen LogP contribution in [0.4, 0.5) is 0 Å². The SMILES string of the molecule is COCOCCCCCCCl. The van der Waals surface area contributed by atoms with Gasteiger partial charge >= 0.3 is 0 Å². The van der Waals surface area contributed by atoms with Crippen LogP contribution in [-0.4, -0.2) is 26.4 Å². The number of hydrogen-bond donors (Lipinski definition) is 0. The molecule has 3 heteroatoms. The van der Waals surface area contributed by atoms with Gasteiger partial charge in [-0.05, 0) is 12.8 Å². The molecule has 0 radical (unpaired) electrons. The predicted molar refractivity (Wildman–Crippen MR) is 47.0 cm³/mol. The van der Waals surface area contributed by atoms with Crippen LogP contribution in [-0.2, 0) is 9.47 Å². The van der Waals surface area contributed by atoms with Crippen molar-refractivity contribution in [3.05, 3.63) is 0 Å². The van der Waals surface area contributed by atoms with E-state index in [9.17, 15) is 0 Å². The molecule has 0 N–H and O–H groups in total. The highest BCUT2D eigenvalue weighted by Gasteiger charge is 1.88. The van der Waals surface area contributed by atoms with Gasteiger partial charge in [0, 0.05) is 19.6 Å². The van der Waals surface area contributed by atoms with Crippen LogP contribution in [0.15, 0.2) is 0 Å². The van der Waals surface area contributed by atoms with Crippen LogP contribution in [0.1, 0.15) is 25.7 Å². The molecule has 0 aromatic rings. The molecule has 0 bridgehead atoms. The summed E-state index contributed by atoms with van der Waals surface area (Å²) in [7, 11) is 1.63. The Morgan fingerprint density at radius 1 is 1.09 bits per heavy atom. The Kier molecular flexibility index (Phi) is 10.4. The molecule has 0 aliphatic rings. The highest BCUT2D eigenvalue weighted by molar-refractivity contribution is 6.17. The third-order valence-corrected chi connectivity index (χ3v) is 1.64. The molecule has 0 fully saturated rings. The lowest BCUT2D eigenvalue weighted by Gasteiger charge is -2.01. The van der Waals surface area contributed by atoms with Crippen molar-refractivity contribution in [2.24, 2.45) is 0 Å². The summed E-state index contributed by atoms with van der Waals surface area (Å²) in [6.45, 7) is 1.21. The highest BCUT2D eigenvalue weighted by Crippen LogP contribution is 2.00. The van der Waals surface area contributed by atoms with E-state index in [1.807, 2.05) is 0 Å². The van der Waals surface area contributed by atoms with Gasteiger partial charge in [0.25, 0.3) is 0 Å². The first-order valence-electron chi connectivity index (χ1n) is 4.04. The molecule has 68 valence electrons. The summed E-state index contributed by atoms with van der Waals surface area (Å²) in [5.41, 5.74) is 0. The minimum absolute atomic E-state index is 0.412. The van der Waals surface area contributed by atoms with Crippen molar-refractivity contribution in [1.82, 2.24) is 0 Å². The number of hydrogen-bond acceptors (Lipinski definition) is 2. The van der Waals surface area contributed by atoms with E-state index < -0.39 is 0 Å². The lowest BCUT2D eigenvalue weighted by Crippen LogP contribution is -1.98. The number of rotatable bonds is 8. The molecule has 0 aromatic heterocycles. The number of unbranched alkanes of at least 4 members (excludes halogenated alkanes) is 3. The molecule has 0 rings (SSSR count). The molecular formula is C8H17ClO2. The summed E-state index contributed by atoms with van der Waals surface area (Å²) in [6, 6.07) is 0. The van der Waals surface area contributed by atoms with Crippen LogP contribution in [0, 0.1) is 0 Å². The fraction of sp³-hybridized carbons (Fsp3) is 1.00. The fourth-order valence-electron chi connectivity index (χ4n) is 0.794. The third kappa shape index (κ3) is 10.2. The Morgan fingerprint density at radius 2 is 1.82 bits per heavy atom. The van der Waals surface area contributed by atoms with Gasteiger partial charge in [0.2, 0.25) is 0 Å². The van der Waals surface area contributed by atoms with Crippen molar-refractivity contribution in [3.8, 4) is 0 Å². The first-order chi connectivity index (χ1) is 5.41. The Balaban J connectivity index is 2.69. The van der Waals surface area contributed by atoms with Crippen molar-refractivity contribution in [3.63, 3.8) is 0 Å². The van der Waals surface area contributed by atoms with Gasteiger partial charge in [0.05, 0.1) is 0 Å². The molecule has 0 unspecified atom stereocenters. The average molecular weight is 181 g/mol. The molecule has 0 amide bonds.